The number of allylic oxidation sites excluding steroid dienone is 4. The number of aryl methyl sites for hydroxylation is 4. The van der Waals surface area contributed by atoms with E-state index in [1.54, 1.807) is 37.4 Å². The summed E-state index contributed by atoms with van der Waals surface area (Å²) in [5.41, 5.74) is 15.4. The first-order valence-corrected chi connectivity index (χ1v) is 17.4. The Kier molecular flexibility index (Phi) is 13.9. The molecule has 1 radical (unpaired) electrons. The molecule has 6 N–H and O–H groups in total. The van der Waals surface area contributed by atoms with Crippen LogP contribution in [-0.2, 0) is 39.2 Å². The Bertz CT molecular complexity index is 2220. The molecule has 0 aliphatic carbocycles. The molecule has 0 aromatic carbocycles. The van der Waals surface area contributed by atoms with E-state index in [1.165, 1.54) is 16.7 Å². The van der Waals surface area contributed by atoms with E-state index in [0.29, 0.717) is 24.2 Å². The van der Waals surface area contributed by atoms with E-state index in [-0.39, 0.29) is 29.6 Å². The molecule has 7 rings (SSSR count). The molecule has 0 amide bonds. The topological polar surface area (TPSA) is 189 Å². The van der Waals surface area contributed by atoms with Crippen LogP contribution in [0.3, 0.4) is 0 Å². The molecular formula is C40H46CoN8O4. The van der Waals surface area contributed by atoms with Crippen LogP contribution in [0.5, 0.6) is 0 Å². The maximum absolute atomic E-state index is 11.5. The first kappa shape index (κ1) is 40.2. The summed E-state index contributed by atoms with van der Waals surface area (Å²) in [6.45, 7) is 12.5. The normalized spacial score (nSPS) is 12.0. The van der Waals surface area contributed by atoms with Crippen molar-refractivity contribution in [3.8, 4) is 0 Å². The average Bonchev–Trinajstić information content (AvgIpc) is 3.97. The summed E-state index contributed by atoms with van der Waals surface area (Å²) < 4.78 is 0. The molecule has 0 spiro atoms. The fourth-order valence-corrected chi connectivity index (χ4v) is 6.65. The molecule has 7 heterocycles. The van der Waals surface area contributed by atoms with Gasteiger partial charge >= 0.3 is 11.9 Å². The molecule has 2 aliphatic heterocycles. The van der Waals surface area contributed by atoms with Gasteiger partial charge in [0.05, 0.1) is 35.4 Å². The van der Waals surface area contributed by atoms with Gasteiger partial charge < -0.3 is 30.1 Å². The van der Waals surface area contributed by atoms with Gasteiger partial charge in [0.1, 0.15) is 0 Å². The monoisotopic (exact) mass is 761 g/mol. The molecule has 5 aromatic rings. The number of rotatable bonds is 8. The number of carbonyl (C=O) groups is 2. The number of aromatic nitrogens is 8. The van der Waals surface area contributed by atoms with Crippen LogP contribution in [0.4, 0.5) is 0 Å². The van der Waals surface area contributed by atoms with E-state index in [4.69, 9.17) is 9.97 Å². The van der Waals surface area contributed by atoms with Crippen molar-refractivity contribution >= 4 is 56.3 Å². The van der Waals surface area contributed by atoms with Crippen LogP contribution < -0.4 is 0 Å². The van der Waals surface area contributed by atoms with Gasteiger partial charge in [0.15, 0.2) is 0 Å². The van der Waals surface area contributed by atoms with Crippen LogP contribution >= 0.6 is 0 Å². The van der Waals surface area contributed by atoms with E-state index in [9.17, 15) is 19.8 Å². The molecule has 0 unspecified atom stereocenters. The van der Waals surface area contributed by atoms with Crippen LogP contribution in [0.1, 0.15) is 98.4 Å². The molecule has 0 fully saturated rings. The zero-order valence-electron chi connectivity index (χ0n) is 30.8. The van der Waals surface area contributed by atoms with Gasteiger partial charge in [-0.25, -0.2) is 19.9 Å². The Labute approximate surface area is 318 Å². The van der Waals surface area contributed by atoms with Gasteiger partial charge in [0, 0.05) is 76.5 Å². The van der Waals surface area contributed by atoms with Crippen molar-refractivity contribution in [1.82, 2.24) is 39.9 Å². The van der Waals surface area contributed by atoms with Crippen molar-refractivity contribution in [2.75, 3.05) is 0 Å². The summed E-state index contributed by atoms with van der Waals surface area (Å²) in [5.74, 6) is -1.74. The molecule has 53 heavy (non-hydrogen) atoms. The number of nitrogens with one attached hydrogen (secondary N) is 4. The Hall–Kier alpha value is -5.53. The molecule has 2 aliphatic rings. The number of fused-ring (bicyclic) bond motifs is 8. The standard InChI is InChI=1S/C34H38N4O4.2C3H4N2.Co/c1-7-21-17(3)25-13-26-19(5)23(9-11-33(39)40)31(37-26)16-32-24(10-12-34(41)42)20(6)28(38-32)15-30-22(8-2)18(4)27(36-30)14-29(21)35-25;2*1-2-5-3-4-1;/h13-16,35-36H,7-12H2,1-6H3,(H,39,40)(H,41,42);2*1-3H,(H,4,5);. The van der Waals surface area contributed by atoms with Crippen LogP contribution in [0, 0.1) is 13.8 Å². The first-order valence-electron chi connectivity index (χ1n) is 17.4. The minimum atomic E-state index is -0.869. The van der Waals surface area contributed by atoms with Gasteiger partial charge in [-0.3, -0.25) is 9.59 Å². The van der Waals surface area contributed by atoms with E-state index in [2.05, 4.69) is 69.7 Å². The van der Waals surface area contributed by atoms with Crippen molar-refractivity contribution in [1.29, 1.82) is 0 Å². The van der Waals surface area contributed by atoms with Crippen LogP contribution in [0.15, 0.2) is 61.7 Å². The third-order valence-corrected chi connectivity index (χ3v) is 9.50. The summed E-state index contributed by atoms with van der Waals surface area (Å²) in [4.78, 5) is 53.2. The Morgan fingerprint density at radius 2 is 1.02 bits per heavy atom. The summed E-state index contributed by atoms with van der Waals surface area (Å²) in [5, 5.41) is 18.9. The van der Waals surface area contributed by atoms with Crippen molar-refractivity contribution < 1.29 is 36.6 Å². The van der Waals surface area contributed by atoms with E-state index in [0.717, 1.165) is 74.2 Å². The number of carboxylic acids is 2. The van der Waals surface area contributed by atoms with Crippen LogP contribution in [-0.4, -0.2) is 62.0 Å². The minimum Gasteiger partial charge on any atom is -0.481 e. The number of aromatic amines is 4. The summed E-state index contributed by atoms with van der Waals surface area (Å²) in [7, 11) is 0. The predicted molar refractivity (Wildman–Crippen MR) is 205 cm³/mol. The molecular weight excluding hydrogens is 715 g/mol. The molecule has 0 saturated heterocycles. The number of nitrogens with zero attached hydrogens (tertiary/aromatic N) is 4. The second-order valence-electron chi connectivity index (χ2n) is 12.7. The van der Waals surface area contributed by atoms with E-state index >= 15 is 0 Å². The number of carboxylic acid groups (broad SMARTS) is 2. The molecule has 8 bridgehead atoms. The molecule has 0 atom stereocenters. The smallest absolute Gasteiger partial charge is 0.303 e. The van der Waals surface area contributed by atoms with Gasteiger partial charge in [0.2, 0.25) is 0 Å². The first-order chi connectivity index (χ1) is 25.0. The average molecular weight is 762 g/mol. The summed E-state index contributed by atoms with van der Waals surface area (Å²) in [6, 6.07) is 8.19. The summed E-state index contributed by atoms with van der Waals surface area (Å²) >= 11 is 0. The van der Waals surface area contributed by atoms with Crippen LogP contribution in [0.25, 0.3) is 44.4 Å². The third kappa shape index (κ3) is 9.48. The van der Waals surface area contributed by atoms with Gasteiger partial charge in [0.25, 0.3) is 0 Å². The van der Waals surface area contributed by atoms with Crippen molar-refractivity contribution in [2.45, 2.75) is 80.1 Å². The van der Waals surface area contributed by atoms with Crippen molar-refractivity contribution in [3.63, 3.8) is 0 Å². The van der Waals surface area contributed by atoms with Crippen molar-refractivity contribution in [2.24, 2.45) is 0 Å². The number of imidazole rings is 2. The number of H-pyrrole nitrogens is 4. The van der Waals surface area contributed by atoms with Gasteiger partial charge in [-0.05, 0) is 122 Å². The molecule has 13 heteroatoms. The SMILES string of the molecule is CCc1c(C)c2cc3[nH]c(cc4nc(cc5nc(cc1[nH]2)C(C)=C5CCC(=O)O)C(CCC(=O)O)=C4C)c(C)c3CC.[Co].c1c[nH]cn1.c1c[nH]cn1. The zero-order chi connectivity index (χ0) is 37.4. The summed E-state index contributed by atoms with van der Waals surface area (Å²) in [6.07, 6.45) is 12.5. The molecule has 0 saturated carbocycles. The maximum atomic E-state index is 11.5. The minimum absolute atomic E-state index is 0. The number of hydrogen-bond donors (Lipinski definition) is 6. The number of hydrogen-bond acceptors (Lipinski definition) is 6. The van der Waals surface area contributed by atoms with Gasteiger partial charge in [-0.1, -0.05) is 13.8 Å². The fraction of sp³-hybridized carbons (Fsp3) is 0.300. The Morgan fingerprint density at radius 3 is 1.38 bits per heavy atom. The predicted octanol–water partition coefficient (Wildman–Crippen LogP) is 8.46. The Balaban J connectivity index is 0.000000492. The van der Waals surface area contributed by atoms with E-state index < -0.39 is 11.9 Å². The second-order valence-corrected chi connectivity index (χ2v) is 12.7. The molecule has 5 aromatic heterocycles. The second kappa shape index (κ2) is 18.3. The van der Waals surface area contributed by atoms with Crippen LogP contribution in [0.2, 0.25) is 0 Å². The van der Waals surface area contributed by atoms with Gasteiger partial charge in [-0.15, -0.1) is 0 Å². The maximum Gasteiger partial charge on any atom is 0.303 e. The number of aliphatic carboxylic acids is 2. The quantitative estimate of drug-likeness (QED) is 0.0908. The zero-order valence-corrected chi connectivity index (χ0v) is 31.9. The fourth-order valence-electron chi connectivity index (χ4n) is 6.65. The van der Waals surface area contributed by atoms with Crippen molar-refractivity contribution in [3.05, 3.63) is 107 Å². The third-order valence-electron chi connectivity index (χ3n) is 9.50. The van der Waals surface area contributed by atoms with E-state index in [1.807, 2.05) is 26.0 Å². The molecule has 279 valence electrons. The molecule has 12 nitrogen and oxygen atoms in total. The van der Waals surface area contributed by atoms with Gasteiger partial charge in [-0.2, -0.15) is 0 Å². The largest absolute Gasteiger partial charge is 0.481 e. The Morgan fingerprint density at radius 1 is 0.604 bits per heavy atom.